The van der Waals surface area contributed by atoms with Crippen molar-refractivity contribution in [3.05, 3.63) is 24.6 Å². The normalized spacial score (nSPS) is 18.7. The fourth-order valence-electron chi connectivity index (χ4n) is 2.26. The molecule has 17 heavy (non-hydrogen) atoms. The highest BCUT2D eigenvalue weighted by atomic mass is 16.3. The number of hydrogen-bond acceptors (Lipinski definition) is 4. The lowest BCUT2D eigenvalue weighted by atomic mass is 9.83. The van der Waals surface area contributed by atoms with Crippen LogP contribution in [0, 0.1) is 5.92 Å². The molecule has 1 fully saturated rings. The Balaban J connectivity index is 1.90. The van der Waals surface area contributed by atoms with Gasteiger partial charge in [0.25, 0.3) is 0 Å². The van der Waals surface area contributed by atoms with Gasteiger partial charge in [-0.05, 0) is 18.1 Å². The molecule has 1 aliphatic heterocycles. The van der Waals surface area contributed by atoms with E-state index in [1.807, 2.05) is 26.0 Å². The summed E-state index contributed by atoms with van der Waals surface area (Å²) in [5, 5.41) is 11.3. The molecule has 3 heterocycles. The number of anilines is 1. The van der Waals surface area contributed by atoms with Crippen LogP contribution in [0.15, 0.2) is 29.0 Å². The first-order chi connectivity index (χ1) is 8.10. The van der Waals surface area contributed by atoms with E-state index >= 15 is 0 Å². The van der Waals surface area contributed by atoms with Crippen molar-refractivity contribution in [3.8, 4) is 0 Å². The summed E-state index contributed by atoms with van der Waals surface area (Å²) < 4.78 is 5.35. The van der Waals surface area contributed by atoms with Crippen LogP contribution in [0.4, 0.5) is 5.82 Å². The van der Waals surface area contributed by atoms with Crippen LogP contribution >= 0.6 is 0 Å². The highest BCUT2D eigenvalue weighted by Gasteiger charge is 2.44. The molecule has 4 heteroatoms. The Hall–Kier alpha value is -1.55. The first kappa shape index (κ1) is 10.6. The molecule has 1 aliphatic rings. The lowest BCUT2D eigenvalue weighted by Gasteiger charge is -2.49. The fraction of sp³-hybridized carbons (Fsp3) is 0.462. The number of furan rings is 1. The lowest BCUT2D eigenvalue weighted by Crippen LogP contribution is -2.65. The topological polar surface area (TPSA) is 49.5 Å². The summed E-state index contributed by atoms with van der Waals surface area (Å²) in [6.07, 6.45) is 3.41. The maximum atomic E-state index is 10.2. The van der Waals surface area contributed by atoms with E-state index in [0.29, 0.717) is 13.1 Å². The monoisotopic (exact) mass is 232 g/mol. The minimum absolute atomic E-state index is 0.266. The predicted molar refractivity (Wildman–Crippen MR) is 66.0 cm³/mol. The van der Waals surface area contributed by atoms with E-state index in [4.69, 9.17) is 4.42 Å². The zero-order chi connectivity index (χ0) is 12.0. The van der Waals surface area contributed by atoms with Gasteiger partial charge in [0.15, 0.2) is 0 Å². The quantitative estimate of drug-likeness (QED) is 0.860. The van der Waals surface area contributed by atoms with Gasteiger partial charge in [-0.2, -0.15) is 0 Å². The molecule has 1 N–H and O–H groups in total. The van der Waals surface area contributed by atoms with E-state index in [0.717, 1.165) is 16.8 Å². The summed E-state index contributed by atoms with van der Waals surface area (Å²) in [7, 11) is 0. The third-order valence-electron chi connectivity index (χ3n) is 3.66. The average Bonchev–Trinajstić information content (AvgIpc) is 2.72. The van der Waals surface area contributed by atoms with Crippen molar-refractivity contribution in [2.75, 3.05) is 18.0 Å². The number of pyridine rings is 1. The van der Waals surface area contributed by atoms with Crippen molar-refractivity contribution in [1.29, 1.82) is 0 Å². The Labute approximate surface area is 99.9 Å². The van der Waals surface area contributed by atoms with Crippen LogP contribution in [0.1, 0.15) is 13.8 Å². The third-order valence-corrected chi connectivity index (χ3v) is 3.66. The lowest BCUT2D eigenvalue weighted by molar-refractivity contribution is -0.0302. The van der Waals surface area contributed by atoms with Gasteiger partial charge in [-0.25, -0.2) is 4.98 Å². The summed E-state index contributed by atoms with van der Waals surface area (Å²) in [6.45, 7) is 5.37. The molecule has 3 rings (SSSR count). The van der Waals surface area contributed by atoms with Crippen molar-refractivity contribution in [2.24, 2.45) is 5.92 Å². The number of aromatic nitrogens is 1. The summed E-state index contributed by atoms with van der Waals surface area (Å²) >= 11 is 0. The molecule has 2 aromatic rings. The van der Waals surface area contributed by atoms with Crippen molar-refractivity contribution in [2.45, 2.75) is 19.4 Å². The van der Waals surface area contributed by atoms with Crippen molar-refractivity contribution in [1.82, 2.24) is 4.98 Å². The highest BCUT2D eigenvalue weighted by molar-refractivity contribution is 5.88. The number of hydrogen-bond donors (Lipinski definition) is 1. The molecule has 0 unspecified atom stereocenters. The molecule has 0 bridgehead atoms. The van der Waals surface area contributed by atoms with Gasteiger partial charge in [-0.1, -0.05) is 13.8 Å². The minimum Gasteiger partial charge on any atom is -0.464 e. The molecule has 0 saturated carbocycles. The van der Waals surface area contributed by atoms with Gasteiger partial charge in [0.2, 0.25) is 0 Å². The standard InChI is InChI=1S/C13H16N2O2/c1-9(2)13(16)7-15(8-13)12-10-4-6-17-11(10)3-5-14-12/h3-6,9,16H,7-8H2,1-2H3. The Morgan fingerprint density at radius 1 is 1.41 bits per heavy atom. The molecule has 0 amide bonds. The maximum Gasteiger partial charge on any atom is 0.139 e. The zero-order valence-electron chi connectivity index (χ0n) is 10.1. The van der Waals surface area contributed by atoms with Gasteiger partial charge in [0.1, 0.15) is 17.0 Å². The SMILES string of the molecule is CC(C)C1(O)CN(c2nccc3occc23)C1. The number of β-amino-alcohol motifs (C(OH)–C–C–N with tert-alkyl or cyclic N) is 1. The Bertz CT molecular complexity index is 541. The molecule has 90 valence electrons. The van der Waals surface area contributed by atoms with E-state index in [2.05, 4.69) is 9.88 Å². The van der Waals surface area contributed by atoms with Crippen LogP contribution in [0.25, 0.3) is 11.0 Å². The molecule has 0 aromatic carbocycles. The summed E-state index contributed by atoms with van der Waals surface area (Å²) in [6, 6.07) is 3.78. The molecule has 4 nitrogen and oxygen atoms in total. The van der Waals surface area contributed by atoms with Crippen molar-refractivity contribution in [3.63, 3.8) is 0 Å². The fourth-order valence-corrected chi connectivity index (χ4v) is 2.26. The second-order valence-electron chi connectivity index (χ2n) is 5.08. The van der Waals surface area contributed by atoms with Crippen molar-refractivity contribution >= 4 is 16.8 Å². The van der Waals surface area contributed by atoms with Crippen LogP contribution in [0.5, 0.6) is 0 Å². The van der Waals surface area contributed by atoms with Gasteiger partial charge < -0.3 is 14.4 Å². The smallest absolute Gasteiger partial charge is 0.139 e. The minimum atomic E-state index is -0.576. The van der Waals surface area contributed by atoms with E-state index in [9.17, 15) is 5.11 Å². The number of nitrogens with zero attached hydrogens (tertiary/aromatic N) is 2. The second kappa shape index (κ2) is 3.47. The first-order valence-corrected chi connectivity index (χ1v) is 5.90. The van der Waals surface area contributed by atoms with Gasteiger partial charge in [0.05, 0.1) is 24.7 Å². The molecular formula is C13H16N2O2. The van der Waals surface area contributed by atoms with Gasteiger partial charge >= 0.3 is 0 Å². The summed E-state index contributed by atoms with van der Waals surface area (Å²) in [5.41, 5.74) is 0.267. The van der Waals surface area contributed by atoms with E-state index in [-0.39, 0.29) is 5.92 Å². The van der Waals surface area contributed by atoms with Crippen LogP contribution in [0.3, 0.4) is 0 Å². The Morgan fingerprint density at radius 2 is 2.18 bits per heavy atom. The van der Waals surface area contributed by atoms with E-state index in [1.54, 1.807) is 12.5 Å². The molecular weight excluding hydrogens is 216 g/mol. The highest BCUT2D eigenvalue weighted by Crippen LogP contribution is 2.35. The Morgan fingerprint density at radius 3 is 2.88 bits per heavy atom. The molecule has 0 radical (unpaired) electrons. The van der Waals surface area contributed by atoms with Crippen molar-refractivity contribution < 1.29 is 9.52 Å². The third kappa shape index (κ3) is 1.52. The first-order valence-electron chi connectivity index (χ1n) is 5.90. The van der Waals surface area contributed by atoms with Crippen LogP contribution in [-0.4, -0.2) is 28.8 Å². The molecule has 2 aromatic heterocycles. The average molecular weight is 232 g/mol. The van der Waals surface area contributed by atoms with E-state index in [1.165, 1.54) is 0 Å². The second-order valence-corrected chi connectivity index (χ2v) is 5.08. The molecule has 1 saturated heterocycles. The predicted octanol–water partition coefficient (Wildman–Crippen LogP) is 2.03. The Kier molecular flexibility index (Phi) is 2.16. The molecule has 0 aliphatic carbocycles. The summed E-state index contributed by atoms with van der Waals surface area (Å²) in [4.78, 5) is 6.48. The maximum absolute atomic E-state index is 10.2. The van der Waals surface area contributed by atoms with Crippen LogP contribution in [0.2, 0.25) is 0 Å². The van der Waals surface area contributed by atoms with Gasteiger partial charge in [0, 0.05) is 6.20 Å². The number of rotatable bonds is 2. The largest absolute Gasteiger partial charge is 0.464 e. The number of fused-ring (bicyclic) bond motifs is 1. The zero-order valence-corrected chi connectivity index (χ0v) is 10.1. The molecule has 0 spiro atoms. The summed E-state index contributed by atoms with van der Waals surface area (Å²) in [5.74, 6) is 1.17. The van der Waals surface area contributed by atoms with Gasteiger partial charge in [-0.15, -0.1) is 0 Å². The van der Waals surface area contributed by atoms with Crippen LogP contribution < -0.4 is 4.90 Å². The molecule has 0 atom stereocenters. The van der Waals surface area contributed by atoms with E-state index < -0.39 is 5.60 Å². The number of aliphatic hydroxyl groups is 1. The van der Waals surface area contributed by atoms with Crippen LogP contribution in [-0.2, 0) is 0 Å². The van der Waals surface area contributed by atoms with Gasteiger partial charge in [-0.3, -0.25) is 0 Å².